The van der Waals surface area contributed by atoms with Crippen LogP contribution in [0.15, 0.2) is 23.8 Å². The summed E-state index contributed by atoms with van der Waals surface area (Å²) in [5, 5.41) is 0. The first kappa shape index (κ1) is 13.3. The number of rotatable bonds is 2. The molecule has 0 aliphatic heterocycles. The zero-order valence-electron chi connectivity index (χ0n) is 11.4. The van der Waals surface area contributed by atoms with E-state index in [0.717, 1.165) is 22.3 Å². The van der Waals surface area contributed by atoms with Crippen molar-refractivity contribution in [3.8, 4) is 0 Å². The van der Waals surface area contributed by atoms with E-state index in [1.54, 1.807) is 0 Å². The molecule has 0 saturated carbocycles. The van der Waals surface area contributed by atoms with E-state index in [1.807, 2.05) is 32.0 Å². The number of carbonyl (C=O) groups is 2. The lowest BCUT2D eigenvalue weighted by atomic mass is 9.92. The number of hydrogen-bond donors (Lipinski definition) is 0. The number of carbonyl (C=O) groups excluding carboxylic acids is 2. The Morgan fingerprint density at radius 3 is 2.37 bits per heavy atom. The Kier molecular flexibility index (Phi) is 3.42. The smallest absolute Gasteiger partial charge is 0.335 e. The van der Waals surface area contributed by atoms with Crippen molar-refractivity contribution in [1.29, 1.82) is 0 Å². The highest BCUT2D eigenvalue weighted by Crippen LogP contribution is 2.44. The molecule has 0 heterocycles. The quantitative estimate of drug-likeness (QED) is 0.765. The van der Waals surface area contributed by atoms with E-state index in [0.29, 0.717) is 5.57 Å². The van der Waals surface area contributed by atoms with Crippen LogP contribution in [0.4, 0.5) is 0 Å². The third kappa shape index (κ3) is 1.93. The Labute approximate surface area is 112 Å². The Hall–Kier alpha value is -2.10. The molecule has 1 atom stereocenters. The zero-order valence-corrected chi connectivity index (χ0v) is 11.4. The van der Waals surface area contributed by atoms with Crippen molar-refractivity contribution in [2.75, 3.05) is 14.2 Å². The maximum Gasteiger partial charge on any atom is 0.335 e. The highest BCUT2D eigenvalue weighted by molar-refractivity contribution is 6.09. The van der Waals surface area contributed by atoms with Crippen molar-refractivity contribution in [1.82, 2.24) is 0 Å². The van der Waals surface area contributed by atoms with Gasteiger partial charge in [-0.25, -0.2) is 4.79 Å². The number of hydrogen-bond acceptors (Lipinski definition) is 4. The SMILES string of the molecule is COC(=O)C1=C(C)c2cccc(C)c2C1C(=O)OC. The Balaban J connectivity index is 2.68. The van der Waals surface area contributed by atoms with E-state index < -0.39 is 17.9 Å². The Bertz CT molecular complexity index is 584. The summed E-state index contributed by atoms with van der Waals surface area (Å²) in [5.41, 5.74) is 3.87. The minimum Gasteiger partial charge on any atom is -0.468 e. The highest BCUT2D eigenvalue weighted by Gasteiger charge is 2.40. The van der Waals surface area contributed by atoms with Gasteiger partial charge in [0.25, 0.3) is 0 Å². The van der Waals surface area contributed by atoms with Gasteiger partial charge in [-0.2, -0.15) is 0 Å². The van der Waals surface area contributed by atoms with E-state index in [4.69, 9.17) is 9.47 Å². The van der Waals surface area contributed by atoms with Gasteiger partial charge in [0.15, 0.2) is 0 Å². The summed E-state index contributed by atoms with van der Waals surface area (Å²) in [6, 6.07) is 5.73. The molecule has 1 aromatic carbocycles. The van der Waals surface area contributed by atoms with Crippen LogP contribution in [0.2, 0.25) is 0 Å². The Morgan fingerprint density at radius 1 is 1.11 bits per heavy atom. The molecule has 0 aromatic heterocycles. The average molecular weight is 260 g/mol. The molecule has 0 amide bonds. The van der Waals surface area contributed by atoms with Gasteiger partial charge in [-0.05, 0) is 36.1 Å². The second-order valence-corrected chi connectivity index (χ2v) is 4.52. The molecule has 0 radical (unpaired) electrons. The molecule has 0 saturated heterocycles. The molecular weight excluding hydrogens is 244 g/mol. The van der Waals surface area contributed by atoms with Crippen LogP contribution in [0.3, 0.4) is 0 Å². The van der Waals surface area contributed by atoms with Crippen LogP contribution in [0.25, 0.3) is 5.57 Å². The normalized spacial score (nSPS) is 17.2. The van der Waals surface area contributed by atoms with Crippen LogP contribution in [-0.2, 0) is 19.1 Å². The van der Waals surface area contributed by atoms with E-state index >= 15 is 0 Å². The van der Waals surface area contributed by atoms with Gasteiger partial charge in [0.05, 0.1) is 19.8 Å². The lowest BCUT2D eigenvalue weighted by Crippen LogP contribution is -2.20. The first-order chi connectivity index (χ1) is 9.02. The number of aryl methyl sites for hydroxylation is 1. The summed E-state index contributed by atoms with van der Waals surface area (Å²) in [7, 11) is 2.63. The number of benzene rings is 1. The van der Waals surface area contributed by atoms with Gasteiger partial charge in [0, 0.05) is 0 Å². The molecule has 0 N–H and O–H groups in total. The van der Waals surface area contributed by atoms with Gasteiger partial charge in [-0.1, -0.05) is 18.2 Å². The average Bonchev–Trinajstić information content (AvgIpc) is 2.72. The summed E-state index contributed by atoms with van der Waals surface area (Å²) in [5.74, 6) is -1.61. The highest BCUT2D eigenvalue weighted by atomic mass is 16.5. The van der Waals surface area contributed by atoms with Crippen molar-refractivity contribution in [3.63, 3.8) is 0 Å². The molecule has 19 heavy (non-hydrogen) atoms. The molecule has 2 rings (SSSR count). The van der Waals surface area contributed by atoms with Crippen molar-refractivity contribution < 1.29 is 19.1 Å². The van der Waals surface area contributed by atoms with E-state index in [9.17, 15) is 9.59 Å². The van der Waals surface area contributed by atoms with E-state index in [-0.39, 0.29) is 0 Å². The summed E-state index contributed by atoms with van der Waals surface area (Å²) in [4.78, 5) is 24.0. The van der Waals surface area contributed by atoms with Crippen LogP contribution in [0.5, 0.6) is 0 Å². The lowest BCUT2D eigenvalue weighted by molar-refractivity contribution is -0.144. The minimum absolute atomic E-state index is 0.374. The van der Waals surface area contributed by atoms with Gasteiger partial charge >= 0.3 is 11.9 Å². The predicted octanol–water partition coefficient (Wildman–Crippen LogP) is 2.21. The van der Waals surface area contributed by atoms with E-state index in [2.05, 4.69) is 0 Å². The molecule has 1 aliphatic carbocycles. The number of fused-ring (bicyclic) bond motifs is 1. The van der Waals surface area contributed by atoms with Gasteiger partial charge in [-0.3, -0.25) is 4.79 Å². The van der Waals surface area contributed by atoms with Gasteiger partial charge < -0.3 is 9.47 Å². The standard InChI is InChI=1S/C15H16O4/c1-8-6-5-7-10-9(2)12(14(16)18-3)13(11(8)10)15(17)19-4/h5-7,13H,1-4H3. The molecule has 0 bridgehead atoms. The van der Waals surface area contributed by atoms with Crippen LogP contribution in [0, 0.1) is 6.92 Å². The molecule has 0 spiro atoms. The van der Waals surface area contributed by atoms with Crippen LogP contribution >= 0.6 is 0 Å². The maximum atomic E-state index is 12.0. The number of ether oxygens (including phenoxy) is 2. The minimum atomic E-state index is -0.686. The van der Waals surface area contributed by atoms with Gasteiger partial charge in [0.1, 0.15) is 5.92 Å². The molecule has 1 aromatic rings. The summed E-state index contributed by atoms with van der Waals surface area (Å²) >= 11 is 0. The number of methoxy groups -OCH3 is 2. The van der Waals surface area contributed by atoms with E-state index in [1.165, 1.54) is 14.2 Å². The zero-order chi connectivity index (χ0) is 14.2. The largest absolute Gasteiger partial charge is 0.468 e. The first-order valence-corrected chi connectivity index (χ1v) is 5.99. The third-order valence-electron chi connectivity index (χ3n) is 3.55. The summed E-state index contributed by atoms with van der Waals surface area (Å²) in [6.45, 7) is 3.75. The Morgan fingerprint density at radius 2 is 1.79 bits per heavy atom. The van der Waals surface area contributed by atoms with Gasteiger partial charge in [-0.15, -0.1) is 0 Å². The maximum absolute atomic E-state index is 12.0. The van der Waals surface area contributed by atoms with Crippen LogP contribution in [-0.4, -0.2) is 26.2 Å². The fraction of sp³-hybridized carbons (Fsp3) is 0.333. The van der Waals surface area contributed by atoms with Gasteiger partial charge in [0.2, 0.25) is 0 Å². The lowest BCUT2D eigenvalue weighted by Gasteiger charge is -2.14. The molecule has 4 heteroatoms. The molecule has 4 nitrogen and oxygen atoms in total. The summed E-state index contributed by atoms with van der Waals surface area (Å²) < 4.78 is 9.63. The molecule has 1 unspecified atom stereocenters. The monoisotopic (exact) mass is 260 g/mol. The van der Waals surface area contributed by atoms with Crippen molar-refractivity contribution in [3.05, 3.63) is 40.5 Å². The first-order valence-electron chi connectivity index (χ1n) is 5.99. The fourth-order valence-corrected chi connectivity index (χ4v) is 2.63. The van der Waals surface area contributed by atoms with Crippen LogP contribution in [0.1, 0.15) is 29.5 Å². The third-order valence-corrected chi connectivity index (χ3v) is 3.55. The van der Waals surface area contributed by atoms with Crippen LogP contribution < -0.4 is 0 Å². The second-order valence-electron chi connectivity index (χ2n) is 4.52. The molecule has 1 aliphatic rings. The molecular formula is C15H16O4. The van der Waals surface area contributed by atoms with Crippen molar-refractivity contribution in [2.24, 2.45) is 0 Å². The topological polar surface area (TPSA) is 52.6 Å². The molecule has 100 valence electrons. The van der Waals surface area contributed by atoms with Crippen molar-refractivity contribution in [2.45, 2.75) is 19.8 Å². The number of allylic oxidation sites excluding steroid dienone is 1. The van der Waals surface area contributed by atoms with Crippen molar-refractivity contribution >= 4 is 17.5 Å². The molecule has 0 fully saturated rings. The predicted molar refractivity (Wildman–Crippen MR) is 70.5 cm³/mol. The fourth-order valence-electron chi connectivity index (χ4n) is 2.63. The number of esters is 2. The second kappa shape index (κ2) is 4.88. The summed E-state index contributed by atoms with van der Waals surface area (Å²) in [6.07, 6.45) is 0.